The van der Waals surface area contributed by atoms with Gasteiger partial charge in [0.15, 0.2) is 0 Å². The standard InChI is InChI=1S/C16H33N3/c1-16(8-12-18(2)13-9-16)14-17-10-7-15-6-4-5-11-19(15)3/h15,17H,4-14H2,1-3H3. The topological polar surface area (TPSA) is 18.5 Å². The first-order chi connectivity index (χ1) is 9.09. The van der Waals surface area contributed by atoms with Crippen molar-refractivity contribution in [1.82, 2.24) is 15.1 Å². The van der Waals surface area contributed by atoms with Gasteiger partial charge >= 0.3 is 0 Å². The second-order valence-electron chi connectivity index (χ2n) is 7.21. The Morgan fingerprint density at radius 3 is 2.53 bits per heavy atom. The van der Waals surface area contributed by atoms with Crippen molar-refractivity contribution in [3.63, 3.8) is 0 Å². The predicted molar refractivity (Wildman–Crippen MR) is 82.6 cm³/mol. The van der Waals surface area contributed by atoms with Gasteiger partial charge < -0.3 is 15.1 Å². The maximum Gasteiger partial charge on any atom is 0.0104 e. The Morgan fingerprint density at radius 1 is 1.11 bits per heavy atom. The molecule has 3 heteroatoms. The Kier molecular flexibility index (Phi) is 5.67. The molecule has 0 aromatic carbocycles. The lowest BCUT2D eigenvalue weighted by Crippen LogP contribution is -2.43. The molecular weight excluding hydrogens is 234 g/mol. The van der Waals surface area contributed by atoms with Gasteiger partial charge in [-0.15, -0.1) is 0 Å². The molecule has 3 nitrogen and oxygen atoms in total. The zero-order chi connectivity index (χ0) is 13.7. The van der Waals surface area contributed by atoms with Crippen molar-refractivity contribution in [3.8, 4) is 0 Å². The summed E-state index contributed by atoms with van der Waals surface area (Å²) in [5.74, 6) is 0. The number of piperidine rings is 2. The molecule has 2 fully saturated rings. The first kappa shape index (κ1) is 15.3. The molecule has 0 radical (unpaired) electrons. The van der Waals surface area contributed by atoms with E-state index in [1.807, 2.05) is 0 Å². The van der Waals surface area contributed by atoms with Crippen LogP contribution in [0.3, 0.4) is 0 Å². The van der Waals surface area contributed by atoms with Crippen LogP contribution in [0.2, 0.25) is 0 Å². The number of nitrogens with zero attached hydrogens (tertiary/aromatic N) is 2. The molecule has 0 spiro atoms. The summed E-state index contributed by atoms with van der Waals surface area (Å²) in [6.45, 7) is 8.69. The van der Waals surface area contributed by atoms with E-state index in [0.717, 1.165) is 6.04 Å². The fraction of sp³-hybridized carbons (Fsp3) is 1.00. The van der Waals surface area contributed by atoms with E-state index < -0.39 is 0 Å². The van der Waals surface area contributed by atoms with Crippen LogP contribution < -0.4 is 5.32 Å². The molecule has 0 aliphatic carbocycles. The van der Waals surface area contributed by atoms with Crippen molar-refractivity contribution < 1.29 is 0 Å². The summed E-state index contributed by atoms with van der Waals surface area (Å²) in [4.78, 5) is 5.02. The van der Waals surface area contributed by atoms with Gasteiger partial charge in [0.1, 0.15) is 0 Å². The molecule has 0 aromatic heterocycles. The van der Waals surface area contributed by atoms with E-state index in [2.05, 4.69) is 36.1 Å². The van der Waals surface area contributed by atoms with E-state index in [-0.39, 0.29) is 0 Å². The van der Waals surface area contributed by atoms with Gasteiger partial charge in [0.05, 0.1) is 0 Å². The highest BCUT2D eigenvalue weighted by Crippen LogP contribution is 2.29. The van der Waals surface area contributed by atoms with Gasteiger partial charge in [0.25, 0.3) is 0 Å². The van der Waals surface area contributed by atoms with Gasteiger partial charge in [-0.3, -0.25) is 0 Å². The van der Waals surface area contributed by atoms with Crippen molar-refractivity contribution in [2.24, 2.45) is 5.41 Å². The maximum atomic E-state index is 3.73. The lowest BCUT2D eigenvalue weighted by atomic mass is 9.80. The van der Waals surface area contributed by atoms with Crippen LogP contribution >= 0.6 is 0 Å². The minimum atomic E-state index is 0.533. The quantitative estimate of drug-likeness (QED) is 0.770. The molecule has 0 saturated carbocycles. The smallest absolute Gasteiger partial charge is 0.0104 e. The Balaban J connectivity index is 1.61. The van der Waals surface area contributed by atoms with Crippen LogP contribution in [0, 0.1) is 5.41 Å². The SMILES string of the molecule is CN1CCC(C)(CNCCC2CCCCN2C)CC1. The van der Waals surface area contributed by atoms with Crippen LogP contribution in [-0.4, -0.2) is 62.7 Å². The van der Waals surface area contributed by atoms with Crippen LogP contribution in [0.15, 0.2) is 0 Å². The highest BCUT2D eigenvalue weighted by molar-refractivity contribution is 4.83. The van der Waals surface area contributed by atoms with Crippen molar-refractivity contribution >= 4 is 0 Å². The molecule has 2 heterocycles. The van der Waals surface area contributed by atoms with Gasteiger partial charge in [-0.2, -0.15) is 0 Å². The van der Waals surface area contributed by atoms with E-state index in [4.69, 9.17) is 0 Å². The average Bonchev–Trinajstić information content (AvgIpc) is 2.41. The van der Waals surface area contributed by atoms with Crippen LogP contribution in [0.25, 0.3) is 0 Å². The summed E-state index contributed by atoms with van der Waals surface area (Å²) in [5, 5.41) is 3.73. The summed E-state index contributed by atoms with van der Waals surface area (Å²) >= 11 is 0. The molecule has 0 aromatic rings. The van der Waals surface area contributed by atoms with E-state index >= 15 is 0 Å². The first-order valence-electron chi connectivity index (χ1n) is 8.19. The van der Waals surface area contributed by atoms with Crippen LogP contribution in [-0.2, 0) is 0 Å². The molecule has 0 bridgehead atoms. The lowest BCUT2D eigenvalue weighted by Gasteiger charge is -2.38. The van der Waals surface area contributed by atoms with Crippen LogP contribution in [0.5, 0.6) is 0 Å². The summed E-state index contributed by atoms with van der Waals surface area (Å²) < 4.78 is 0. The molecule has 19 heavy (non-hydrogen) atoms. The fourth-order valence-corrected chi connectivity index (χ4v) is 3.50. The third kappa shape index (κ3) is 4.73. The van der Waals surface area contributed by atoms with Crippen LogP contribution in [0.1, 0.15) is 45.4 Å². The summed E-state index contributed by atoms with van der Waals surface area (Å²) in [5.41, 5.74) is 0.533. The molecule has 1 unspecified atom stereocenters. The Morgan fingerprint density at radius 2 is 1.84 bits per heavy atom. The molecule has 2 aliphatic rings. The van der Waals surface area contributed by atoms with Crippen molar-refractivity contribution in [2.45, 2.75) is 51.5 Å². The van der Waals surface area contributed by atoms with Crippen molar-refractivity contribution in [2.75, 3.05) is 46.8 Å². The highest BCUT2D eigenvalue weighted by atomic mass is 15.1. The van der Waals surface area contributed by atoms with E-state index in [1.54, 1.807) is 0 Å². The van der Waals surface area contributed by atoms with Gasteiger partial charge in [-0.25, -0.2) is 0 Å². The lowest BCUT2D eigenvalue weighted by molar-refractivity contribution is 0.133. The number of nitrogens with one attached hydrogen (secondary N) is 1. The minimum absolute atomic E-state index is 0.533. The molecule has 2 aliphatic heterocycles. The van der Waals surface area contributed by atoms with E-state index in [1.165, 1.54) is 71.2 Å². The van der Waals surface area contributed by atoms with Crippen LogP contribution in [0.4, 0.5) is 0 Å². The number of hydrogen-bond acceptors (Lipinski definition) is 3. The third-order valence-corrected chi connectivity index (χ3v) is 5.32. The van der Waals surface area contributed by atoms with Gasteiger partial charge in [0.2, 0.25) is 0 Å². The van der Waals surface area contributed by atoms with Gasteiger partial charge in [-0.05, 0) is 77.8 Å². The summed E-state index contributed by atoms with van der Waals surface area (Å²) in [6.07, 6.45) is 8.25. The average molecular weight is 267 g/mol. The number of likely N-dealkylation sites (tertiary alicyclic amines) is 2. The minimum Gasteiger partial charge on any atom is -0.316 e. The molecule has 2 rings (SSSR count). The Labute approximate surface area is 119 Å². The van der Waals surface area contributed by atoms with Gasteiger partial charge in [0, 0.05) is 12.6 Å². The molecule has 2 saturated heterocycles. The number of rotatable bonds is 5. The normalized spacial score (nSPS) is 29.5. The summed E-state index contributed by atoms with van der Waals surface area (Å²) in [7, 11) is 4.54. The third-order valence-electron chi connectivity index (χ3n) is 5.32. The first-order valence-corrected chi connectivity index (χ1v) is 8.19. The zero-order valence-corrected chi connectivity index (χ0v) is 13.2. The molecule has 1 N–H and O–H groups in total. The fourth-order valence-electron chi connectivity index (χ4n) is 3.50. The number of hydrogen-bond donors (Lipinski definition) is 1. The second kappa shape index (κ2) is 7.05. The molecular formula is C16H33N3. The highest BCUT2D eigenvalue weighted by Gasteiger charge is 2.28. The Bertz CT molecular complexity index is 259. The maximum absolute atomic E-state index is 3.73. The van der Waals surface area contributed by atoms with E-state index in [9.17, 15) is 0 Å². The van der Waals surface area contributed by atoms with Gasteiger partial charge in [-0.1, -0.05) is 13.3 Å². The molecule has 1 atom stereocenters. The predicted octanol–water partition coefficient (Wildman–Crippen LogP) is 2.18. The molecule has 0 amide bonds. The van der Waals surface area contributed by atoms with E-state index in [0.29, 0.717) is 5.41 Å². The second-order valence-corrected chi connectivity index (χ2v) is 7.21. The monoisotopic (exact) mass is 267 g/mol. The summed E-state index contributed by atoms with van der Waals surface area (Å²) in [6, 6.07) is 0.826. The van der Waals surface area contributed by atoms with Crippen molar-refractivity contribution in [1.29, 1.82) is 0 Å². The zero-order valence-electron chi connectivity index (χ0n) is 13.2. The molecule has 112 valence electrons. The Hall–Kier alpha value is -0.120. The largest absolute Gasteiger partial charge is 0.316 e. The van der Waals surface area contributed by atoms with Crippen molar-refractivity contribution in [3.05, 3.63) is 0 Å².